The van der Waals surface area contributed by atoms with E-state index in [1.165, 1.54) is 12.1 Å². The minimum Gasteiger partial charge on any atom is -0.462 e. The molecule has 0 saturated heterocycles. The molecule has 1 aromatic rings. The third kappa shape index (κ3) is 13.7. The van der Waals surface area contributed by atoms with E-state index < -0.39 is 55.5 Å². The number of ketones is 2. The molecule has 0 fully saturated rings. The molecular weight excluding hydrogens is 531 g/mol. The highest BCUT2D eigenvalue weighted by Gasteiger charge is 2.38. The van der Waals surface area contributed by atoms with E-state index in [9.17, 15) is 23.7 Å². The molecule has 1 rings (SSSR count). The van der Waals surface area contributed by atoms with Crippen molar-refractivity contribution in [2.24, 2.45) is 5.11 Å². The Kier molecular flexibility index (Phi) is 14.7. The zero-order valence-corrected chi connectivity index (χ0v) is 23.3. The summed E-state index contributed by atoms with van der Waals surface area (Å²) in [4.78, 5) is 52.3. The molecule has 0 aromatic heterocycles. The Morgan fingerprint density at radius 2 is 1.49 bits per heavy atom. The number of hydrogen-bond donors (Lipinski definition) is 3. The zero-order chi connectivity index (χ0) is 29.4. The van der Waals surface area contributed by atoms with Crippen LogP contribution in [0, 0.1) is 5.53 Å². The zero-order valence-electron chi connectivity index (χ0n) is 22.4. The van der Waals surface area contributed by atoms with Crippen LogP contribution in [0.25, 0.3) is 5.53 Å². The molecule has 0 spiro atoms. The quantitative estimate of drug-likeness (QED) is 0.0732. The number of nitrogens with zero attached hydrogens (tertiary/aromatic N) is 3. The van der Waals surface area contributed by atoms with Gasteiger partial charge in [-0.3, -0.25) is 19.2 Å². The Bertz CT molecular complexity index is 1090. The summed E-state index contributed by atoms with van der Waals surface area (Å²) in [6.07, 6.45) is -1.25. The van der Waals surface area contributed by atoms with Crippen molar-refractivity contribution in [2.45, 2.75) is 77.7 Å². The molecule has 0 aliphatic heterocycles. The number of Topliss-reactive ketones (excluding diaryl/α,β-unsaturated/α-hetero) is 2. The first kappa shape index (κ1) is 33.5. The Morgan fingerprint density at radius 3 is 1.95 bits per heavy atom. The van der Waals surface area contributed by atoms with Crippen molar-refractivity contribution < 1.29 is 42.5 Å². The van der Waals surface area contributed by atoms with Gasteiger partial charge in [0.15, 0.2) is 5.78 Å². The monoisotopic (exact) mass is 566 g/mol. The molecule has 14 nitrogen and oxygen atoms in total. The number of esters is 2. The summed E-state index contributed by atoms with van der Waals surface area (Å²) in [5, 5.41) is 8.21. The largest absolute Gasteiger partial charge is 0.462 e. The molecule has 3 atom stereocenters. The Labute approximate surface area is 226 Å². The second-order valence-corrected chi connectivity index (χ2v) is 10.7. The Hall–Kier alpha value is -3.57. The van der Waals surface area contributed by atoms with Crippen molar-refractivity contribution >= 4 is 37.4 Å². The van der Waals surface area contributed by atoms with Gasteiger partial charge in [0.2, 0.25) is 5.78 Å². The van der Waals surface area contributed by atoms with Crippen molar-refractivity contribution in [2.75, 3.05) is 6.54 Å². The molecule has 0 aliphatic carbocycles. The van der Waals surface area contributed by atoms with E-state index in [1.54, 1.807) is 45.9 Å². The molecule has 39 heavy (non-hydrogen) atoms. The van der Waals surface area contributed by atoms with Gasteiger partial charge in [0, 0.05) is 12.8 Å². The lowest BCUT2D eigenvalue weighted by Crippen LogP contribution is -2.46. The van der Waals surface area contributed by atoms with Gasteiger partial charge in [-0.1, -0.05) is 18.2 Å². The van der Waals surface area contributed by atoms with Gasteiger partial charge in [-0.15, -0.1) is 0 Å². The van der Waals surface area contributed by atoms with Crippen LogP contribution in [0.5, 0.6) is 5.75 Å². The maximum atomic E-state index is 14.2. The second kappa shape index (κ2) is 17.1. The SMILES string of the molecule is CC(C)OC(=O)[C@H](CCC(=O)C=[N+]=[N-])NP(=O)(N[C@@H](CCC(=O)CN=N)C(=O)OC(C)C)Oc1ccccc1. The maximum Gasteiger partial charge on any atom is 0.391 e. The van der Waals surface area contributed by atoms with Crippen molar-refractivity contribution in [3.8, 4) is 5.75 Å². The predicted molar refractivity (Wildman–Crippen MR) is 139 cm³/mol. The Morgan fingerprint density at radius 1 is 0.974 bits per heavy atom. The first-order chi connectivity index (χ1) is 18.4. The highest BCUT2D eigenvalue weighted by atomic mass is 31.2. The van der Waals surface area contributed by atoms with E-state index in [1.807, 2.05) is 0 Å². The molecule has 0 bridgehead atoms. The average Bonchev–Trinajstić information content (AvgIpc) is 2.84. The van der Waals surface area contributed by atoms with E-state index in [0.29, 0.717) is 6.21 Å². The second-order valence-electron chi connectivity index (χ2n) is 8.93. The maximum absolute atomic E-state index is 14.2. The fourth-order valence-electron chi connectivity index (χ4n) is 3.12. The van der Waals surface area contributed by atoms with Crippen LogP contribution in [-0.4, -0.2) is 65.3 Å². The van der Waals surface area contributed by atoms with Gasteiger partial charge < -0.3 is 19.5 Å². The number of rotatable bonds is 19. The van der Waals surface area contributed by atoms with Crippen LogP contribution in [0.15, 0.2) is 35.4 Å². The number of para-hydroxylation sites is 1. The van der Waals surface area contributed by atoms with Crippen LogP contribution in [0.1, 0.15) is 53.4 Å². The summed E-state index contributed by atoms with van der Waals surface area (Å²) in [5.74, 6) is -2.57. The van der Waals surface area contributed by atoms with E-state index in [4.69, 9.17) is 25.1 Å². The van der Waals surface area contributed by atoms with Gasteiger partial charge in [0.1, 0.15) is 24.4 Å². The number of carbonyl (C=O) groups is 4. The number of benzene rings is 1. The topological polar surface area (TPSA) is 210 Å². The summed E-state index contributed by atoms with van der Waals surface area (Å²) in [7, 11) is -4.37. The summed E-state index contributed by atoms with van der Waals surface area (Å²) < 4.78 is 30.4. The molecule has 214 valence electrons. The molecule has 1 aromatic carbocycles. The molecule has 1 unspecified atom stereocenters. The van der Waals surface area contributed by atoms with E-state index in [-0.39, 0.29) is 38.0 Å². The van der Waals surface area contributed by atoms with Crippen molar-refractivity contribution in [3.63, 3.8) is 0 Å². The van der Waals surface area contributed by atoms with Gasteiger partial charge in [0.25, 0.3) is 0 Å². The third-order valence-corrected chi connectivity index (χ3v) is 6.52. The summed E-state index contributed by atoms with van der Waals surface area (Å²) in [6, 6.07) is 5.25. The first-order valence-corrected chi connectivity index (χ1v) is 13.9. The smallest absolute Gasteiger partial charge is 0.391 e. The van der Waals surface area contributed by atoms with Crippen LogP contribution in [0.4, 0.5) is 0 Å². The Balaban J connectivity index is 3.39. The lowest BCUT2D eigenvalue weighted by Gasteiger charge is -2.29. The number of carbonyl (C=O) groups excluding carboxylic acids is 4. The molecule has 0 heterocycles. The summed E-state index contributed by atoms with van der Waals surface area (Å²) in [6.45, 7) is 6.06. The lowest BCUT2D eigenvalue weighted by atomic mass is 10.1. The fraction of sp³-hybridized carbons (Fsp3) is 0.542. The van der Waals surface area contributed by atoms with E-state index >= 15 is 0 Å². The van der Waals surface area contributed by atoms with Gasteiger partial charge in [-0.2, -0.15) is 9.90 Å². The van der Waals surface area contributed by atoms with E-state index in [0.717, 1.165) is 0 Å². The molecule has 0 saturated carbocycles. The van der Waals surface area contributed by atoms with Crippen molar-refractivity contribution in [1.82, 2.24) is 10.2 Å². The molecular formula is C24H35N6O8P. The highest BCUT2D eigenvalue weighted by Crippen LogP contribution is 2.41. The van der Waals surface area contributed by atoms with Crippen LogP contribution in [0.3, 0.4) is 0 Å². The van der Waals surface area contributed by atoms with Crippen LogP contribution in [0.2, 0.25) is 0 Å². The lowest BCUT2D eigenvalue weighted by molar-refractivity contribution is -0.150. The van der Waals surface area contributed by atoms with Crippen molar-refractivity contribution in [3.05, 3.63) is 35.9 Å². The molecule has 0 amide bonds. The number of ether oxygens (including phenoxy) is 2. The van der Waals surface area contributed by atoms with Crippen LogP contribution in [-0.2, 0) is 33.2 Å². The van der Waals surface area contributed by atoms with Gasteiger partial charge >= 0.3 is 25.8 Å². The molecule has 0 aliphatic rings. The van der Waals surface area contributed by atoms with Gasteiger partial charge in [-0.25, -0.2) is 20.3 Å². The minimum atomic E-state index is -4.37. The summed E-state index contributed by atoms with van der Waals surface area (Å²) >= 11 is 0. The van der Waals surface area contributed by atoms with Crippen molar-refractivity contribution in [1.29, 1.82) is 5.53 Å². The van der Waals surface area contributed by atoms with Crippen LogP contribution < -0.4 is 14.7 Å². The predicted octanol–water partition coefficient (Wildman–Crippen LogP) is 3.02. The molecule has 15 heteroatoms. The highest BCUT2D eigenvalue weighted by molar-refractivity contribution is 7.55. The number of nitrogens with one attached hydrogen (secondary N) is 3. The standard InChI is InChI=1S/C24H35N6O8P/c1-16(2)36-23(33)21(12-10-18(31)14-27-25)29-39(35,38-20-8-6-5-7-9-20)30-22(24(34)37-17(3)4)13-11-19(32)15-28-26/h5-9,14,16-17,21-22,26H,10-13,15H2,1-4H3,(H2,29,30,35)/t21-,22-,39?/m0/s1. The van der Waals surface area contributed by atoms with Gasteiger partial charge in [0.05, 0.1) is 12.2 Å². The van der Waals surface area contributed by atoms with E-state index in [2.05, 4.69) is 20.1 Å². The third-order valence-electron chi connectivity index (χ3n) is 4.75. The molecule has 0 radical (unpaired) electrons. The fourth-order valence-corrected chi connectivity index (χ4v) is 5.01. The normalized spacial score (nSPS) is 13.9. The minimum absolute atomic E-state index is 0.125. The molecule has 3 N–H and O–H groups in total. The average molecular weight is 567 g/mol. The summed E-state index contributed by atoms with van der Waals surface area (Å²) in [5.41, 5.74) is 15.5. The first-order valence-electron chi connectivity index (χ1n) is 12.3. The number of hydrogen-bond acceptors (Lipinski definition) is 10. The van der Waals surface area contributed by atoms with Crippen LogP contribution >= 0.6 is 7.67 Å². The van der Waals surface area contributed by atoms with Gasteiger partial charge in [-0.05, 0) is 52.7 Å².